The van der Waals surface area contributed by atoms with Crippen LogP contribution in [0.2, 0.25) is 0 Å². The van der Waals surface area contributed by atoms with Crippen LogP contribution in [0.1, 0.15) is 18.4 Å². The predicted molar refractivity (Wildman–Crippen MR) is 58.1 cm³/mol. The Morgan fingerprint density at radius 3 is 1.56 bits per heavy atom. The predicted octanol–water partition coefficient (Wildman–Crippen LogP) is 4.14. The molecule has 0 saturated carbocycles. The Balaban J connectivity index is 3.08. The Kier molecular flexibility index (Phi) is 4.94. The molecule has 1 aromatic rings. The fourth-order valence-corrected chi connectivity index (χ4v) is 1.81. The molecule has 0 aromatic heterocycles. The highest BCUT2D eigenvalue weighted by Crippen LogP contribution is 2.24. The van der Waals surface area contributed by atoms with Crippen LogP contribution in [-0.2, 0) is 6.42 Å². The number of benzene rings is 1. The van der Waals surface area contributed by atoms with E-state index in [1.807, 2.05) is 0 Å². The fourth-order valence-electron chi connectivity index (χ4n) is 1.27. The normalized spacial score (nSPS) is 10.9. The van der Waals surface area contributed by atoms with Crippen LogP contribution in [0.15, 0.2) is 0 Å². The van der Waals surface area contributed by atoms with Crippen LogP contribution in [-0.4, -0.2) is 4.43 Å². The van der Waals surface area contributed by atoms with Crippen LogP contribution in [0.4, 0.5) is 22.0 Å². The Hall–Kier alpha value is -0.400. The van der Waals surface area contributed by atoms with Gasteiger partial charge in [0.1, 0.15) is 0 Å². The summed E-state index contributed by atoms with van der Waals surface area (Å²) in [6, 6.07) is 0. The molecular formula is C10H8F5I. The first-order valence-corrected chi connectivity index (χ1v) is 6.09. The second-order valence-corrected chi connectivity index (χ2v) is 4.27. The lowest BCUT2D eigenvalue weighted by molar-refractivity contribution is 0.369. The van der Waals surface area contributed by atoms with Crippen LogP contribution >= 0.6 is 22.6 Å². The largest absolute Gasteiger partial charge is 0.203 e. The molecule has 0 saturated heterocycles. The average Bonchev–Trinajstić information content (AvgIpc) is 2.28. The van der Waals surface area contributed by atoms with Crippen molar-refractivity contribution in [2.45, 2.75) is 19.3 Å². The van der Waals surface area contributed by atoms with Gasteiger partial charge in [-0.15, -0.1) is 0 Å². The molecule has 0 radical (unpaired) electrons. The van der Waals surface area contributed by atoms with Crippen molar-refractivity contribution in [1.29, 1.82) is 0 Å². The number of hydrogen-bond donors (Lipinski definition) is 0. The molecule has 0 unspecified atom stereocenters. The zero-order valence-corrected chi connectivity index (χ0v) is 10.3. The summed E-state index contributed by atoms with van der Waals surface area (Å²) in [7, 11) is 0. The zero-order chi connectivity index (χ0) is 12.3. The van der Waals surface area contributed by atoms with Gasteiger partial charge in [-0.25, -0.2) is 22.0 Å². The lowest BCUT2D eigenvalue weighted by atomic mass is 10.1. The van der Waals surface area contributed by atoms with Crippen molar-refractivity contribution >= 4 is 22.6 Å². The van der Waals surface area contributed by atoms with E-state index in [1.165, 1.54) is 0 Å². The first-order valence-electron chi connectivity index (χ1n) is 4.57. The van der Waals surface area contributed by atoms with Gasteiger partial charge in [0, 0.05) is 5.56 Å². The molecule has 0 heterocycles. The first kappa shape index (κ1) is 13.7. The van der Waals surface area contributed by atoms with Crippen molar-refractivity contribution in [2.24, 2.45) is 0 Å². The smallest absolute Gasteiger partial charge is 0.200 e. The molecular weight excluding hydrogens is 342 g/mol. The van der Waals surface area contributed by atoms with Gasteiger partial charge in [-0.3, -0.25) is 0 Å². The molecule has 0 fully saturated rings. The van der Waals surface area contributed by atoms with Gasteiger partial charge in [0.05, 0.1) is 0 Å². The lowest BCUT2D eigenvalue weighted by Gasteiger charge is -2.07. The Morgan fingerprint density at radius 2 is 1.12 bits per heavy atom. The highest BCUT2D eigenvalue weighted by atomic mass is 127. The van der Waals surface area contributed by atoms with Gasteiger partial charge in [-0.1, -0.05) is 22.6 Å². The SMILES string of the molecule is Fc1c(F)c(F)c(CCCCI)c(F)c1F. The summed E-state index contributed by atoms with van der Waals surface area (Å²) >= 11 is 2.07. The van der Waals surface area contributed by atoms with E-state index in [0.717, 1.165) is 4.43 Å². The van der Waals surface area contributed by atoms with Gasteiger partial charge in [0.2, 0.25) is 5.82 Å². The first-order chi connectivity index (χ1) is 7.50. The quantitative estimate of drug-likeness (QED) is 0.191. The summed E-state index contributed by atoms with van der Waals surface area (Å²) in [6.07, 6.45) is 0.913. The maximum absolute atomic E-state index is 13.1. The van der Waals surface area contributed by atoms with Gasteiger partial charge in [-0.2, -0.15) is 0 Å². The number of halogens is 6. The molecule has 0 aliphatic carbocycles. The van der Waals surface area contributed by atoms with Crippen LogP contribution in [0, 0.1) is 29.1 Å². The number of rotatable bonds is 4. The van der Waals surface area contributed by atoms with Crippen molar-refractivity contribution < 1.29 is 22.0 Å². The van der Waals surface area contributed by atoms with Gasteiger partial charge in [0.15, 0.2) is 23.3 Å². The summed E-state index contributed by atoms with van der Waals surface area (Å²) in [5.74, 6) is -9.28. The minimum absolute atomic E-state index is 0.144. The number of alkyl halides is 1. The monoisotopic (exact) mass is 350 g/mol. The summed E-state index contributed by atoms with van der Waals surface area (Å²) < 4.78 is 65.1. The van der Waals surface area contributed by atoms with Gasteiger partial charge < -0.3 is 0 Å². The average molecular weight is 350 g/mol. The van der Waals surface area contributed by atoms with E-state index < -0.39 is 34.6 Å². The molecule has 0 spiro atoms. The molecule has 6 heteroatoms. The van der Waals surface area contributed by atoms with Crippen LogP contribution < -0.4 is 0 Å². The second kappa shape index (κ2) is 5.79. The van der Waals surface area contributed by atoms with Crippen molar-refractivity contribution in [2.75, 3.05) is 4.43 Å². The minimum Gasteiger partial charge on any atom is -0.203 e. The molecule has 0 nitrogen and oxygen atoms in total. The summed E-state index contributed by atoms with van der Waals surface area (Å²) in [5.41, 5.74) is -0.721. The molecule has 16 heavy (non-hydrogen) atoms. The summed E-state index contributed by atoms with van der Waals surface area (Å²) in [6.45, 7) is 0. The summed E-state index contributed by atoms with van der Waals surface area (Å²) in [5, 5.41) is 0. The van der Waals surface area contributed by atoms with Crippen LogP contribution in [0.3, 0.4) is 0 Å². The lowest BCUT2D eigenvalue weighted by Crippen LogP contribution is -2.07. The Bertz CT molecular complexity index is 362. The van der Waals surface area contributed by atoms with Crippen molar-refractivity contribution in [3.8, 4) is 0 Å². The number of hydrogen-bond acceptors (Lipinski definition) is 0. The third-order valence-electron chi connectivity index (χ3n) is 2.11. The standard InChI is InChI=1S/C10H8F5I/c11-6-5(3-1-2-4-16)7(12)9(14)10(15)8(6)13/h1-4H2. The topological polar surface area (TPSA) is 0 Å². The minimum atomic E-state index is -2.10. The zero-order valence-electron chi connectivity index (χ0n) is 8.10. The van der Waals surface area contributed by atoms with E-state index in [1.54, 1.807) is 0 Å². The van der Waals surface area contributed by atoms with E-state index >= 15 is 0 Å². The molecule has 0 amide bonds. The molecule has 0 atom stereocenters. The molecule has 1 rings (SSSR count). The molecule has 1 aromatic carbocycles. The molecule has 90 valence electrons. The molecule has 0 aliphatic heterocycles. The molecule has 0 bridgehead atoms. The van der Waals surface area contributed by atoms with Crippen molar-refractivity contribution in [1.82, 2.24) is 0 Å². The fraction of sp³-hybridized carbons (Fsp3) is 0.400. The van der Waals surface area contributed by atoms with Crippen molar-refractivity contribution in [3.05, 3.63) is 34.6 Å². The Labute approximate surface area is 103 Å². The van der Waals surface area contributed by atoms with E-state index in [4.69, 9.17) is 0 Å². The molecule has 0 N–H and O–H groups in total. The van der Waals surface area contributed by atoms with E-state index in [9.17, 15) is 22.0 Å². The van der Waals surface area contributed by atoms with Crippen LogP contribution in [0.5, 0.6) is 0 Å². The summed E-state index contributed by atoms with van der Waals surface area (Å²) in [4.78, 5) is 0. The van der Waals surface area contributed by atoms with Crippen LogP contribution in [0.25, 0.3) is 0 Å². The molecule has 0 aliphatic rings. The Morgan fingerprint density at radius 1 is 0.688 bits per heavy atom. The number of unbranched alkanes of at least 4 members (excludes halogenated alkanes) is 1. The highest BCUT2D eigenvalue weighted by Gasteiger charge is 2.24. The van der Waals surface area contributed by atoms with E-state index in [2.05, 4.69) is 22.6 Å². The van der Waals surface area contributed by atoms with Gasteiger partial charge in [0.25, 0.3) is 0 Å². The van der Waals surface area contributed by atoms with E-state index in [0.29, 0.717) is 12.8 Å². The maximum Gasteiger partial charge on any atom is 0.200 e. The second-order valence-electron chi connectivity index (χ2n) is 3.19. The van der Waals surface area contributed by atoms with Crippen molar-refractivity contribution in [3.63, 3.8) is 0 Å². The highest BCUT2D eigenvalue weighted by molar-refractivity contribution is 14.1. The van der Waals surface area contributed by atoms with Gasteiger partial charge in [-0.05, 0) is 23.7 Å². The van der Waals surface area contributed by atoms with Gasteiger partial charge >= 0.3 is 0 Å². The van der Waals surface area contributed by atoms with E-state index in [-0.39, 0.29) is 6.42 Å². The third kappa shape index (κ3) is 2.64. The third-order valence-corrected chi connectivity index (χ3v) is 2.87. The maximum atomic E-state index is 13.1.